The van der Waals surface area contributed by atoms with E-state index in [-0.39, 0.29) is 5.54 Å². The molecular formula is C8H12I3NO2. The Bertz CT molecular complexity index is 245. The molecule has 0 spiro atoms. The third-order valence-electron chi connectivity index (χ3n) is 0.990. The zero-order chi connectivity index (χ0) is 11.4. The molecule has 0 radical (unpaired) electrons. The Morgan fingerprint density at radius 2 is 1.86 bits per heavy atom. The largest absolute Gasteiger partial charge is 0.413 e. The van der Waals surface area contributed by atoms with Gasteiger partial charge in [-0.05, 0) is 43.4 Å². The predicted molar refractivity (Wildman–Crippen MR) is 83.3 cm³/mol. The van der Waals surface area contributed by atoms with E-state index >= 15 is 0 Å². The first-order chi connectivity index (χ1) is 6.26. The Labute approximate surface area is 125 Å². The Morgan fingerprint density at radius 1 is 1.36 bits per heavy atom. The van der Waals surface area contributed by atoms with Crippen molar-refractivity contribution >= 4 is 73.9 Å². The number of allylic oxidation sites excluding steroid dienone is 1. The standard InChI is InChI=1S/C8H12I3NO2/c1-8(2,3)12-7(13)14-6(11)5(10)4-9/h4H2,1-3H3,(H,12,13)/b6-5+. The molecule has 0 heterocycles. The van der Waals surface area contributed by atoms with E-state index in [4.69, 9.17) is 4.74 Å². The van der Waals surface area contributed by atoms with Crippen LogP contribution in [0.3, 0.4) is 0 Å². The Balaban J connectivity index is 4.21. The van der Waals surface area contributed by atoms with Gasteiger partial charge in [0.05, 0.1) is 0 Å². The van der Waals surface area contributed by atoms with E-state index in [1.54, 1.807) is 0 Å². The van der Waals surface area contributed by atoms with Gasteiger partial charge in [0.1, 0.15) is 0 Å². The molecule has 0 aromatic heterocycles. The molecule has 0 aliphatic heterocycles. The number of carbonyl (C=O) groups is 1. The lowest BCUT2D eigenvalue weighted by Crippen LogP contribution is -2.40. The van der Waals surface area contributed by atoms with Crippen LogP contribution in [0.5, 0.6) is 0 Å². The summed E-state index contributed by atoms with van der Waals surface area (Å²) in [5, 5.41) is 2.72. The van der Waals surface area contributed by atoms with Crippen molar-refractivity contribution in [3.8, 4) is 0 Å². The highest BCUT2D eigenvalue weighted by molar-refractivity contribution is 14.1. The molecule has 3 nitrogen and oxygen atoms in total. The van der Waals surface area contributed by atoms with Gasteiger partial charge in [-0.2, -0.15) is 0 Å². The van der Waals surface area contributed by atoms with Crippen molar-refractivity contribution in [1.29, 1.82) is 0 Å². The predicted octanol–water partition coefficient (Wildman–Crippen LogP) is 3.99. The van der Waals surface area contributed by atoms with Crippen LogP contribution in [0.4, 0.5) is 4.79 Å². The van der Waals surface area contributed by atoms with E-state index in [2.05, 4.69) is 50.5 Å². The van der Waals surface area contributed by atoms with Gasteiger partial charge in [-0.15, -0.1) is 0 Å². The van der Waals surface area contributed by atoms with Gasteiger partial charge in [-0.1, -0.05) is 22.6 Å². The fourth-order valence-corrected chi connectivity index (χ4v) is 2.10. The van der Waals surface area contributed by atoms with Crippen LogP contribution < -0.4 is 5.32 Å². The maximum absolute atomic E-state index is 11.3. The number of carbonyl (C=O) groups excluding carboxylic acids is 1. The van der Waals surface area contributed by atoms with E-state index in [1.807, 2.05) is 43.4 Å². The van der Waals surface area contributed by atoms with Gasteiger partial charge in [0.2, 0.25) is 0 Å². The van der Waals surface area contributed by atoms with Gasteiger partial charge in [0.15, 0.2) is 3.77 Å². The molecule has 0 atom stereocenters. The van der Waals surface area contributed by atoms with E-state index in [1.165, 1.54) is 0 Å². The third-order valence-corrected chi connectivity index (χ3v) is 5.99. The van der Waals surface area contributed by atoms with Crippen LogP contribution in [0.15, 0.2) is 7.35 Å². The summed E-state index contributed by atoms with van der Waals surface area (Å²) in [5.41, 5.74) is -0.260. The quantitative estimate of drug-likeness (QED) is 0.331. The highest BCUT2D eigenvalue weighted by Gasteiger charge is 2.16. The lowest BCUT2D eigenvalue weighted by Gasteiger charge is -2.19. The minimum absolute atomic E-state index is 0.260. The number of ether oxygens (including phenoxy) is 1. The minimum atomic E-state index is -0.402. The zero-order valence-corrected chi connectivity index (χ0v) is 14.6. The van der Waals surface area contributed by atoms with E-state index < -0.39 is 6.09 Å². The molecule has 0 aliphatic rings. The monoisotopic (exact) mass is 535 g/mol. The summed E-state index contributed by atoms with van der Waals surface area (Å²) in [5.74, 6) is 0. The van der Waals surface area contributed by atoms with Crippen LogP contribution in [0.1, 0.15) is 20.8 Å². The fraction of sp³-hybridized carbons (Fsp3) is 0.625. The van der Waals surface area contributed by atoms with E-state index in [9.17, 15) is 4.79 Å². The highest BCUT2D eigenvalue weighted by atomic mass is 127. The Morgan fingerprint density at radius 3 is 2.21 bits per heavy atom. The topological polar surface area (TPSA) is 38.3 Å². The van der Waals surface area contributed by atoms with Crippen molar-refractivity contribution in [2.45, 2.75) is 26.3 Å². The van der Waals surface area contributed by atoms with Crippen molar-refractivity contribution in [1.82, 2.24) is 5.32 Å². The second kappa shape index (κ2) is 6.71. The third kappa shape index (κ3) is 7.49. The first-order valence-electron chi connectivity index (χ1n) is 3.86. The van der Waals surface area contributed by atoms with Crippen LogP contribution in [0, 0.1) is 0 Å². The SMILES string of the molecule is CC(C)(C)NC(=O)O/C(I)=C(/I)CI. The molecule has 0 saturated heterocycles. The van der Waals surface area contributed by atoms with Gasteiger partial charge in [0, 0.05) is 36.1 Å². The number of hydrogen-bond acceptors (Lipinski definition) is 2. The molecule has 1 amide bonds. The molecule has 0 fully saturated rings. The lowest BCUT2D eigenvalue weighted by molar-refractivity contribution is 0.174. The summed E-state index contributed by atoms with van der Waals surface area (Å²) in [7, 11) is 0. The van der Waals surface area contributed by atoms with E-state index in [0.717, 1.165) is 8.01 Å². The number of alkyl halides is 1. The van der Waals surface area contributed by atoms with Crippen LogP contribution in [0.2, 0.25) is 0 Å². The van der Waals surface area contributed by atoms with Crippen LogP contribution in [-0.4, -0.2) is 16.1 Å². The average Bonchev–Trinajstić information content (AvgIpc) is 1.99. The summed E-state index contributed by atoms with van der Waals surface area (Å²) < 4.78 is 7.60. The minimum Gasteiger partial charge on any atom is -0.403 e. The normalized spacial score (nSPS) is 13.3. The summed E-state index contributed by atoms with van der Waals surface area (Å²) >= 11 is 6.40. The summed E-state index contributed by atoms with van der Waals surface area (Å²) in [6, 6.07) is 0. The van der Waals surface area contributed by atoms with Gasteiger partial charge in [-0.3, -0.25) is 0 Å². The van der Waals surface area contributed by atoms with Crippen LogP contribution >= 0.6 is 67.8 Å². The number of nitrogens with one attached hydrogen (secondary N) is 1. The summed E-state index contributed by atoms with van der Waals surface area (Å²) in [6.07, 6.45) is -0.402. The smallest absolute Gasteiger partial charge is 0.403 e. The first kappa shape index (κ1) is 15.2. The first-order valence-corrected chi connectivity index (χ1v) is 7.54. The van der Waals surface area contributed by atoms with Crippen molar-refractivity contribution < 1.29 is 9.53 Å². The molecule has 0 bridgehead atoms. The molecule has 0 unspecified atom stereocenters. The fourth-order valence-electron chi connectivity index (χ4n) is 0.521. The van der Waals surface area contributed by atoms with Crippen molar-refractivity contribution in [3.63, 3.8) is 0 Å². The zero-order valence-electron chi connectivity index (χ0n) is 8.16. The number of halogens is 3. The molecule has 6 heteroatoms. The Kier molecular flexibility index (Phi) is 7.29. The Hall–Kier alpha value is 1.20. The second-order valence-corrected chi connectivity index (χ2v) is 6.62. The summed E-state index contributed by atoms with van der Waals surface area (Å²) in [6.45, 7) is 5.73. The second-order valence-electron chi connectivity index (χ2n) is 3.58. The molecule has 82 valence electrons. The van der Waals surface area contributed by atoms with Crippen LogP contribution in [0.25, 0.3) is 0 Å². The maximum atomic E-state index is 11.3. The number of hydrogen-bond donors (Lipinski definition) is 1. The molecular weight excluding hydrogens is 523 g/mol. The molecule has 0 aromatic rings. The van der Waals surface area contributed by atoms with Crippen LogP contribution in [-0.2, 0) is 4.74 Å². The van der Waals surface area contributed by atoms with Gasteiger partial charge in [0.25, 0.3) is 0 Å². The molecule has 0 aliphatic carbocycles. The van der Waals surface area contributed by atoms with Gasteiger partial charge < -0.3 is 10.1 Å². The van der Waals surface area contributed by atoms with Crippen molar-refractivity contribution in [2.75, 3.05) is 4.43 Å². The number of rotatable bonds is 2. The maximum Gasteiger partial charge on any atom is 0.413 e. The number of amides is 1. The highest BCUT2D eigenvalue weighted by Crippen LogP contribution is 2.22. The van der Waals surface area contributed by atoms with E-state index in [0.29, 0.717) is 3.77 Å². The van der Waals surface area contributed by atoms with Gasteiger partial charge in [-0.25, -0.2) is 4.79 Å². The molecule has 0 saturated carbocycles. The van der Waals surface area contributed by atoms with Crippen molar-refractivity contribution in [2.24, 2.45) is 0 Å². The van der Waals surface area contributed by atoms with Gasteiger partial charge >= 0.3 is 6.09 Å². The molecule has 0 rings (SSSR count). The molecule has 14 heavy (non-hydrogen) atoms. The lowest BCUT2D eigenvalue weighted by atomic mass is 10.1. The van der Waals surface area contributed by atoms with Crippen molar-refractivity contribution in [3.05, 3.63) is 7.35 Å². The summed E-state index contributed by atoms with van der Waals surface area (Å²) in [4.78, 5) is 11.3. The molecule has 1 N–H and O–H groups in total. The number of alkyl carbamates (subject to hydrolysis) is 1. The average molecular weight is 535 g/mol. The molecule has 0 aromatic carbocycles.